The first kappa shape index (κ1) is 10.5. The molecule has 82 valence electrons. The molecule has 1 heterocycles. The Morgan fingerprint density at radius 3 is 2.73 bits per heavy atom. The molecule has 0 bridgehead atoms. The third kappa shape index (κ3) is 1.86. The summed E-state index contributed by atoms with van der Waals surface area (Å²) in [6.45, 7) is 5.57. The van der Waals surface area contributed by atoms with Gasteiger partial charge >= 0.3 is 0 Å². The van der Waals surface area contributed by atoms with E-state index in [1.165, 1.54) is 24.0 Å². The summed E-state index contributed by atoms with van der Waals surface area (Å²) < 4.78 is 5.23. The van der Waals surface area contributed by atoms with Crippen LogP contribution in [-0.4, -0.2) is 13.7 Å². The van der Waals surface area contributed by atoms with Crippen LogP contribution in [0.2, 0.25) is 0 Å². The van der Waals surface area contributed by atoms with E-state index in [0.717, 1.165) is 12.3 Å². The van der Waals surface area contributed by atoms with E-state index >= 15 is 0 Å². The monoisotopic (exact) mass is 205 g/mol. The minimum Gasteiger partial charge on any atom is -0.497 e. The van der Waals surface area contributed by atoms with E-state index in [0.29, 0.717) is 0 Å². The van der Waals surface area contributed by atoms with Crippen LogP contribution in [0.1, 0.15) is 30.9 Å². The van der Waals surface area contributed by atoms with Gasteiger partial charge in [0.15, 0.2) is 0 Å². The molecule has 0 aromatic heterocycles. The fraction of sp³-hybridized carbons (Fsp3) is 0.538. The largest absolute Gasteiger partial charge is 0.497 e. The van der Waals surface area contributed by atoms with Gasteiger partial charge in [-0.25, -0.2) is 0 Å². The van der Waals surface area contributed by atoms with Crippen LogP contribution >= 0.6 is 0 Å². The second-order valence-electron chi connectivity index (χ2n) is 4.54. The second-order valence-corrected chi connectivity index (χ2v) is 4.54. The van der Waals surface area contributed by atoms with Crippen LogP contribution in [0, 0.1) is 6.92 Å². The topological polar surface area (TPSA) is 21.3 Å². The van der Waals surface area contributed by atoms with Gasteiger partial charge in [-0.05, 0) is 56.5 Å². The number of benzene rings is 1. The molecule has 1 atom stereocenters. The zero-order chi connectivity index (χ0) is 10.9. The Kier molecular flexibility index (Phi) is 2.70. The zero-order valence-electron chi connectivity index (χ0n) is 9.76. The standard InChI is InChI=1S/C13H19NO/c1-10-9-11(15-3)5-6-12(10)13(2)7-4-8-14-13/h5-6,9,14H,4,7-8H2,1-3H3. The first-order valence-corrected chi connectivity index (χ1v) is 5.56. The average Bonchev–Trinajstić information content (AvgIpc) is 2.65. The van der Waals surface area contributed by atoms with Crippen molar-refractivity contribution in [2.45, 2.75) is 32.2 Å². The van der Waals surface area contributed by atoms with E-state index < -0.39 is 0 Å². The summed E-state index contributed by atoms with van der Waals surface area (Å²) in [4.78, 5) is 0. The van der Waals surface area contributed by atoms with E-state index in [2.05, 4.69) is 31.3 Å². The number of methoxy groups -OCH3 is 1. The van der Waals surface area contributed by atoms with Gasteiger partial charge in [0.05, 0.1) is 7.11 Å². The van der Waals surface area contributed by atoms with Crippen LogP contribution in [0.3, 0.4) is 0 Å². The second kappa shape index (κ2) is 3.86. The summed E-state index contributed by atoms with van der Waals surface area (Å²) in [7, 11) is 1.71. The minimum atomic E-state index is 0.163. The van der Waals surface area contributed by atoms with E-state index in [4.69, 9.17) is 4.74 Å². The van der Waals surface area contributed by atoms with E-state index in [1.54, 1.807) is 7.11 Å². The predicted molar refractivity (Wildman–Crippen MR) is 62.3 cm³/mol. The van der Waals surface area contributed by atoms with Gasteiger partial charge in [0, 0.05) is 5.54 Å². The SMILES string of the molecule is COc1ccc(C2(C)CCCN2)c(C)c1. The van der Waals surface area contributed by atoms with Crippen LogP contribution in [0.5, 0.6) is 5.75 Å². The molecule has 2 nitrogen and oxygen atoms in total. The van der Waals surface area contributed by atoms with Crippen molar-refractivity contribution in [3.63, 3.8) is 0 Å². The molecule has 1 aliphatic heterocycles. The van der Waals surface area contributed by atoms with Crippen molar-refractivity contribution in [1.82, 2.24) is 5.32 Å². The molecular weight excluding hydrogens is 186 g/mol. The molecule has 0 saturated carbocycles. The van der Waals surface area contributed by atoms with Crippen LogP contribution in [0.25, 0.3) is 0 Å². The molecule has 0 spiro atoms. The van der Waals surface area contributed by atoms with Gasteiger partial charge < -0.3 is 10.1 Å². The van der Waals surface area contributed by atoms with E-state index in [-0.39, 0.29) is 5.54 Å². The van der Waals surface area contributed by atoms with Gasteiger partial charge in [-0.3, -0.25) is 0 Å². The number of aryl methyl sites for hydroxylation is 1. The third-order valence-corrected chi connectivity index (χ3v) is 3.40. The summed E-state index contributed by atoms with van der Waals surface area (Å²) in [5.74, 6) is 0.942. The van der Waals surface area contributed by atoms with Crippen LogP contribution < -0.4 is 10.1 Å². The highest BCUT2D eigenvalue weighted by molar-refractivity contribution is 5.39. The maximum Gasteiger partial charge on any atom is 0.119 e. The Bertz CT molecular complexity index is 354. The Balaban J connectivity index is 2.36. The number of ether oxygens (including phenoxy) is 1. The van der Waals surface area contributed by atoms with Crippen molar-refractivity contribution in [2.75, 3.05) is 13.7 Å². The molecule has 0 amide bonds. The smallest absolute Gasteiger partial charge is 0.119 e. The van der Waals surface area contributed by atoms with Crippen LogP contribution in [0.4, 0.5) is 0 Å². The molecule has 1 saturated heterocycles. The van der Waals surface area contributed by atoms with Crippen molar-refractivity contribution in [1.29, 1.82) is 0 Å². The molecule has 15 heavy (non-hydrogen) atoms. The maximum atomic E-state index is 5.23. The highest BCUT2D eigenvalue weighted by atomic mass is 16.5. The average molecular weight is 205 g/mol. The van der Waals surface area contributed by atoms with Gasteiger partial charge in [0.1, 0.15) is 5.75 Å². The van der Waals surface area contributed by atoms with Crippen molar-refractivity contribution in [2.24, 2.45) is 0 Å². The lowest BCUT2D eigenvalue weighted by atomic mass is 9.87. The van der Waals surface area contributed by atoms with Gasteiger partial charge in [0.2, 0.25) is 0 Å². The lowest BCUT2D eigenvalue weighted by Crippen LogP contribution is -2.33. The normalized spacial score (nSPS) is 25.5. The van der Waals surface area contributed by atoms with Crippen LogP contribution in [0.15, 0.2) is 18.2 Å². The van der Waals surface area contributed by atoms with Crippen molar-refractivity contribution >= 4 is 0 Å². The van der Waals surface area contributed by atoms with Crippen molar-refractivity contribution in [3.05, 3.63) is 29.3 Å². The molecule has 2 rings (SSSR count). The predicted octanol–water partition coefficient (Wildman–Crippen LogP) is 2.60. The molecule has 0 radical (unpaired) electrons. The molecule has 1 aliphatic rings. The fourth-order valence-electron chi connectivity index (χ4n) is 2.51. The molecule has 1 unspecified atom stereocenters. The first-order valence-electron chi connectivity index (χ1n) is 5.56. The third-order valence-electron chi connectivity index (χ3n) is 3.40. The Morgan fingerprint density at radius 1 is 1.40 bits per heavy atom. The van der Waals surface area contributed by atoms with E-state index in [9.17, 15) is 0 Å². The Hall–Kier alpha value is -1.02. The zero-order valence-corrected chi connectivity index (χ0v) is 9.76. The van der Waals surface area contributed by atoms with Gasteiger partial charge in [0.25, 0.3) is 0 Å². The number of hydrogen-bond donors (Lipinski definition) is 1. The lowest BCUT2D eigenvalue weighted by molar-refractivity contribution is 0.409. The molecule has 1 N–H and O–H groups in total. The molecule has 1 aromatic carbocycles. The van der Waals surface area contributed by atoms with Gasteiger partial charge in [-0.15, -0.1) is 0 Å². The molecule has 2 heteroatoms. The Morgan fingerprint density at radius 2 is 2.20 bits per heavy atom. The van der Waals surface area contributed by atoms with Crippen molar-refractivity contribution in [3.8, 4) is 5.75 Å². The summed E-state index contributed by atoms with van der Waals surface area (Å²) >= 11 is 0. The highest BCUT2D eigenvalue weighted by Gasteiger charge is 2.31. The van der Waals surface area contributed by atoms with Gasteiger partial charge in [-0.1, -0.05) is 6.07 Å². The van der Waals surface area contributed by atoms with E-state index in [1.807, 2.05) is 6.07 Å². The maximum absolute atomic E-state index is 5.23. The lowest BCUT2D eigenvalue weighted by Gasteiger charge is -2.27. The fourth-order valence-corrected chi connectivity index (χ4v) is 2.51. The number of hydrogen-bond acceptors (Lipinski definition) is 2. The number of rotatable bonds is 2. The molecular formula is C13H19NO. The minimum absolute atomic E-state index is 0.163. The number of nitrogens with one attached hydrogen (secondary N) is 1. The highest BCUT2D eigenvalue weighted by Crippen LogP contribution is 2.33. The molecule has 1 fully saturated rings. The summed E-state index contributed by atoms with van der Waals surface area (Å²) in [5, 5.41) is 3.59. The first-order chi connectivity index (χ1) is 7.15. The molecule has 0 aliphatic carbocycles. The van der Waals surface area contributed by atoms with Gasteiger partial charge in [-0.2, -0.15) is 0 Å². The summed E-state index contributed by atoms with van der Waals surface area (Å²) in [5.41, 5.74) is 2.88. The summed E-state index contributed by atoms with van der Waals surface area (Å²) in [6, 6.07) is 6.35. The van der Waals surface area contributed by atoms with Crippen LogP contribution in [-0.2, 0) is 5.54 Å². The summed E-state index contributed by atoms with van der Waals surface area (Å²) in [6.07, 6.45) is 2.49. The van der Waals surface area contributed by atoms with Crippen molar-refractivity contribution < 1.29 is 4.74 Å². The molecule has 1 aromatic rings. The quantitative estimate of drug-likeness (QED) is 0.801. The Labute approximate surface area is 91.6 Å².